The molecule has 2 aromatic heterocycles. The van der Waals surface area contributed by atoms with Gasteiger partial charge < -0.3 is 5.32 Å². The zero-order valence-corrected chi connectivity index (χ0v) is 12.5. The number of aromatic nitrogens is 5. The number of amides is 1. The second-order valence-corrected chi connectivity index (χ2v) is 5.00. The smallest absolute Gasteiger partial charge is 0.295 e. The van der Waals surface area contributed by atoms with Crippen LogP contribution in [0.4, 0.5) is 5.69 Å². The van der Waals surface area contributed by atoms with Gasteiger partial charge in [-0.25, -0.2) is 4.98 Å². The molecule has 7 nitrogen and oxygen atoms in total. The van der Waals surface area contributed by atoms with Crippen LogP contribution in [0.2, 0.25) is 0 Å². The zero-order chi connectivity index (χ0) is 14.9. The van der Waals surface area contributed by atoms with Gasteiger partial charge in [-0.05, 0) is 27.7 Å². The molecule has 1 amide bonds. The molecule has 2 rings (SSSR count). The van der Waals surface area contributed by atoms with E-state index in [0.717, 1.165) is 17.1 Å². The van der Waals surface area contributed by atoms with Crippen molar-refractivity contribution in [1.29, 1.82) is 0 Å². The molecule has 0 atom stereocenters. The highest BCUT2D eigenvalue weighted by Gasteiger charge is 2.18. The molecule has 0 unspecified atom stereocenters. The van der Waals surface area contributed by atoms with Gasteiger partial charge in [-0.1, -0.05) is 6.92 Å². The van der Waals surface area contributed by atoms with Crippen molar-refractivity contribution in [2.75, 3.05) is 5.32 Å². The van der Waals surface area contributed by atoms with E-state index in [1.54, 1.807) is 0 Å². The number of aryl methyl sites for hydroxylation is 2. The molecule has 0 saturated heterocycles. The fourth-order valence-corrected chi connectivity index (χ4v) is 2.07. The molecule has 0 aliphatic heterocycles. The van der Waals surface area contributed by atoms with E-state index < -0.39 is 0 Å². The third-order valence-electron chi connectivity index (χ3n) is 3.12. The molecular weight excluding hydrogens is 256 g/mol. The Hall–Kier alpha value is -2.18. The first-order valence-corrected chi connectivity index (χ1v) is 6.72. The van der Waals surface area contributed by atoms with Crippen LogP contribution < -0.4 is 5.32 Å². The number of carbonyl (C=O) groups is 1. The maximum Gasteiger partial charge on any atom is 0.295 e. The molecule has 2 N–H and O–H groups in total. The number of carbonyl (C=O) groups excluding carboxylic acids is 1. The third kappa shape index (κ3) is 2.56. The third-order valence-corrected chi connectivity index (χ3v) is 3.12. The van der Waals surface area contributed by atoms with Gasteiger partial charge in [0.1, 0.15) is 5.82 Å². The van der Waals surface area contributed by atoms with E-state index >= 15 is 0 Å². The van der Waals surface area contributed by atoms with Gasteiger partial charge in [0.15, 0.2) is 0 Å². The lowest BCUT2D eigenvalue weighted by Gasteiger charge is -2.08. The van der Waals surface area contributed by atoms with Crippen molar-refractivity contribution < 1.29 is 4.79 Å². The molecule has 0 spiro atoms. The minimum absolute atomic E-state index is 0.151. The van der Waals surface area contributed by atoms with E-state index in [1.165, 1.54) is 0 Å². The zero-order valence-electron chi connectivity index (χ0n) is 12.5. The Morgan fingerprint density at radius 1 is 1.40 bits per heavy atom. The molecule has 0 radical (unpaired) electrons. The minimum Gasteiger partial charge on any atom is -0.316 e. The van der Waals surface area contributed by atoms with E-state index in [0.29, 0.717) is 12.2 Å². The standard InChI is InChI=1S/C13H20N6O/c1-6-10-14-12(17-16-10)13(20)15-11-8(4)18-19(7(2)3)9(11)5/h7H,6H2,1-5H3,(H,15,20)(H,14,16,17). The summed E-state index contributed by atoms with van der Waals surface area (Å²) in [7, 11) is 0. The van der Waals surface area contributed by atoms with Crippen LogP contribution in [0.1, 0.15) is 54.6 Å². The lowest BCUT2D eigenvalue weighted by atomic mass is 10.3. The van der Waals surface area contributed by atoms with Gasteiger partial charge >= 0.3 is 0 Å². The quantitative estimate of drug-likeness (QED) is 0.894. The summed E-state index contributed by atoms with van der Waals surface area (Å²) in [6.45, 7) is 9.85. The molecule has 108 valence electrons. The number of rotatable bonds is 4. The second kappa shape index (κ2) is 5.44. The minimum atomic E-state index is -0.324. The summed E-state index contributed by atoms with van der Waals surface area (Å²) in [6, 6.07) is 0.245. The molecule has 0 bridgehead atoms. The summed E-state index contributed by atoms with van der Waals surface area (Å²) in [4.78, 5) is 16.3. The first-order valence-electron chi connectivity index (χ1n) is 6.72. The summed E-state index contributed by atoms with van der Waals surface area (Å²) < 4.78 is 1.89. The Bertz CT molecular complexity index is 625. The molecule has 0 aliphatic rings. The first kappa shape index (κ1) is 14.2. The summed E-state index contributed by atoms with van der Waals surface area (Å²) in [5, 5.41) is 13.9. The summed E-state index contributed by atoms with van der Waals surface area (Å²) in [6.07, 6.45) is 0.712. The van der Waals surface area contributed by atoms with Gasteiger partial charge in [0, 0.05) is 12.5 Å². The molecule has 0 aromatic carbocycles. The van der Waals surface area contributed by atoms with Gasteiger partial charge in [0.25, 0.3) is 5.91 Å². The monoisotopic (exact) mass is 276 g/mol. The number of hydrogen-bond donors (Lipinski definition) is 2. The van der Waals surface area contributed by atoms with Crippen molar-refractivity contribution in [3.05, 3.63) is 23.0 Å². The van der Waals surface area contributed by atoms with Gasteiger partial charge in [0.05, 0.1) is 17.1 Å². The molecular formula is C13H20N6O. The summed E-state index contributed by atoms with van der Waals surface area (Å²) >= 11 is 0. The van der Waals surface area contributed by atoms with Gasteiger partial charge in [-0.2, -0.15) is 5.10 Å². The van der Waals surface area contributed by atoms with Crippen LogP contribution in [0.5, 0.6) is 0 Å². The molecule has 20 heavy (non-hydrogen) atoms. The van der Waals surface area contributed by atoms with Gasteiger partial charge in [-0.3, -0.25) is 14.6 Å². The van der Waals surface area contributed by atoms with Crippen LogP contribution in [0.25, 0.3) is 0 Å². The van der Waals surface area contributed by atoms with E-state index in [1.807, 2.05) is 39.3 Å². The highest BCUT2D eigenvalue weighted by Crippen LogP contribution is 2.22. The van der Waals surface area contributed by atoms with Crippen LogP contribution in [0.15, 0.2) is 0 Å². The number of H-pyrrole nitrogens is 1. The maximum absolute atomic E-state index is 12.1. The number of nitrogens with one attached hydrogen (secondary N) is 2. The van der Waals surface area contributed by atoms with E-state index in [4.69, 9.17) is 0 Å². The Morgan fingerprint density at radius 3 is 2.60 bits per heavy atom. The van der Waals surface area contributed by atoms with Crippen LogP contribution in [0.3, 0.4) is 0 Å². The summed E-state index contributed by atoms with van der Waals surface area (Å²) in [5.74, 6) is 0.523. The van der Waals surface area contributed by atoms with Crippen LogP contribution >= 0.6 is 0 Å². The maximum atomic E-state index is 12.1. The molecule has 0 aliphatic carbocycles. The van der Waals surface area contributed by atoms with Crippen molar-refractivity contribution >= 4 is 11.6 Å². The second-order valence-electron chi connectivity index (χ2n) is 5.00. The Morgan fingerprint density at radius 2 is 2.10 bits per heavy atom. The SMILES string of the molecule is CCc1nc(C(=O)Nc2c(C)nn(C(C)C)c2C)n[nH]1. The number of aromatic amines is 1. The van der Waals surface area contributed by atoms with Gasteiger partial charge in [0.2, 0.25) is 5.82 Å². The lowest BCUT2D eigenvalue weighted by Crippen LogP contribution is -2.15. The molecule has 0 saturated carbocycles. The van der Waals surface area contributed by atoms with Crippen LogP contribution in [-0.2, 0) is 6.42 Å². The van der Waals surface area contributed by atoms with Crippen molar-refractivity contribution in [3.8, 4) is 0 Å². The van der Waals surface area contributed by atoms with Crippen molar-refractivity contribution in [1.82, 2.24) is 25.0 Å². The average molecular weight is 276 g/mol. The number of nitrogens with zero attached hydrogens (tertiary/aromatic N) is 4. The fourth-order valence-electron chi connectivity index (χ4n) is 2.07. The number of hydrogen-bond acceptors (Lipinski definition) is 4. The van der Waals surface area contributed by atoms with Crippen molar-refractivity contribution in [2.24, 2.45) is 0 Å². The molecule has 2 heterocycles. The van der Waals surface area contributed by atoms with Crippen molar-refractivity contribution in [3.63, 3.8) is 0 Å². The lowest BCUT2D eigenvalue weighted by molar-refractivity contribution is 0.101. The number of anilines is 1. The van der Waals surface area contributed by atoms with E-state index in [9.17, 15) is 4.79 Å². The first-order chi connectivity index (χ1) is 9.43. The molecule has 0 fully saturated rings. The van der Waals surface area contributed by atoms with Crippen molar-refractivity contribution in [2.45, 2.75) is 47.1 Å². The summed E-state index contributed by atoms with van der Waals surface area (Å²) in [5.41, 5.74) is 2.44. The fraction of sp³-hybridized carbons (Fsp3) is 0.538. The highest BCUT2D eigenvalue weighted by atomic mass is 16.2. The highest BCUT2D eigenvalue weighted by molar-refractivity contribution is 6.02. The molecule has 2 aromatic rings. The molecule has 7 heteroatoms. The van der Waals surface area contributed by atoms with Crippen LogP contribution in [0, 0.1) is 13.8 Å². The van der Waals surface area contributed by atoms with Gasteiger partial charge in [-0.15, -0.1) is 5.10 Å². The Kier molecular flexibility index (Phi) is 3.87. The Labute approximate surface area is 117 Å². The predicted octanol–water partition coefficient (Wildman–Crippen LogP) is 2.01. The topological polar surface area (TPSA) is 88.5 Å². The predicted molar refractivity (Wildman–Crippen MR) is 75.8 cm³/mol. The van der Waals surface area contributed by atoms with E-state index in [-0.39, 0.29) is 17.8 Å². The van der Waals surface area contributed by atoms with E-state index in [2.05, 4.69) is 25.6 Å². The van der Waals surface area contributed by atoms with Crippen LogP contribution in [-0.4, -0.2) is 30.9 Å². The normalized spacial score (nSPS) is 11.1. The largest absolute Gasteiger partial charge is 0.316 e. The Balaban J connectivity index is 2.23. The average Bonchev–Trinajstić information content (AvgIpc) is 2.98.